The van der Waals surface area contributed by atoms with Gasteiger partial charge in [0, 0.05) is 24.5 Å². The lowest BCUT2D eigenvalue weighted by Crippen LogP contribution is -2.23. The second-order valence-electron chi connectivity index (χ2n) is 5.07. The van der Waals surface area contributed by atoms with E-state index in [0.717, 1.165) is 22.6 Å². The standard InChI is InChI=1S/C17H16N2O3/c1-11-6-15(12(2)22-11)17(20)19-9-13-7-14(10-18-8-13)16-4-3-5-21-16/h3-8,10H,9H2,1-2H3,(H,19,20). The van der Waals surface area contributed by atoms with Crippen LogP contribution in [-0.4, -0.2) is 10.9 Å². The van der Waals surface area contributed by atoms with Gasteiger partial charge in [-0.3, -0.25) is 9.78 Å². The molecule has 0 spiro atoms. The van der Waals surface area contributed by atoms with Gasteiger partial charge in [0.25, 0.3) is 5.91 Å². The number of carbonyl (C=O) groups is 1. The Morgan fingerprint density at radius 2 is 2.14 bits per heavy atom. The third kappa shape index (κ3) is 2.93. The van der Waals surface area contributed by atoms with Gasteiger partial charge in [-0.1, -0.05) is 0 Å². The van der Waals surface area contributed by atoms with E-state index in [9.17, 15) is 4.79 Å². The zero-order valence-corrected chi connectivity index (χ0v) is 12.4. The van der Waals surface area contributed by atoms with Gasteiger partial charge in [-0.05, 0) is 43.7 Å². The van der Waals surface area contributed by atoms with E-state index in [1.165, 1.54) is 0 Å². The first kappa shape index (κ1) is 14.1. The Bertz CT molecular complexity index is 788. The quantitative estimate of drug-likeness (QED) is 0.800. The van der Waals surface area contributed by atoms with Crippen LogP contribution in [0.15, 0.2) is 51.8 Å². The Hall–Kier alpha value is -2.82. The van der Waals surface area contributed by atoms with E-state index in [4.69, 9.17) is 8.83 Å². The van der Waals surface area contributed by atoms with Crippen LogP contribution < -0.4 is 5.32 Å². The predicted molar refractivity (Wildman–Crippen MR) is 81.3 cm³/mol. The van der Waals surface area contributed by atoms with E-state index >= 15 is 0 Å². The van der Waals surface area contributed by atoms with Crippen LogP contribution >= 0.6 is 0 Å². The number of hydrogen-bond acceptors (Lipinski definition) is 4. The van der Waals surface area contributed by atoms with E-state index in [1.54, 1.807) is 31.6 Å². The molecule has 3 aromatic heterocycles. The number of nitrogens with one attached hydrogen (secondary N) is 1. The highest BCUT2D eigenvalue weighted by molar-refractivity contribution is 5.95. The molecule has 0 aliphatic heterocycles. The molecule has 0 saturated carbocycles. The van der Waals surface area contributed by atoms with Crippen molar-refractivity contribution in [2.24, 2.45) is 0 Å². The van der Waals surface area contributed by atoms with Crippen molar-refractivity contribution in [1.82, 2.24) is 10.3 Å². The maximum absolute atomic E-state index is 12.2. The molecule has 0 saturated heterocycles. The molecule has 0 radical (unpaired) electrons. The number of hydrogen-bond donors (Lipinski definition) is 1. The third-order valence-corrected chi connectivity index (χ3v) is 3.34. The lowest BCUT2D eigenvalue weighted by molar-refractivity contribution is 0.0949. The van der Waals surface area contributed by atoms with E-state index in [0.29, 0.717) is 17.9 Å². The smallest absolute Gasteiger partial charge is 0.255 e. The van der Waals surface area contributed by atoms with Crippen molar-refractivity contribution in [2.75, 3.05) is 0 Å². The number of carbonyl (C=O) groups excluding carboxylic acids is 1. The highest BCUT2D eigenvalue weighted by atomic mass is 16.3. The van der Waals surface area contributed by atoms with Crippen LogP contribution in [0.1, 0.15) is 27.4 Å². The summed E-state index contributed by atoms with van der Waals surface area (Å²) >= 11 is 0. The molecule has 3 rings (SSSR count). The highest BCUT2D eigenvalue weighted by Crippen LogP contribution is 2.19. The lowest BCUT2D eigenvalue weighted by atomic mass is 10.1. The van der Waals surface area contributed by atoms with E-state index in [2.05, 4.69) is 10.3 Å². The Balaban J connectivity index is 1.70. The maximum atomic E-state index is 12.2. The van der Waals surface area contributed by atoms with Crippen molar-refractivity contribution >= 4 is 5.91 Å². The molecule has 0 aliphatic carbocycles. The second kappa shape index (κ2) is 5.89. The van der Waals surface area contributed by atoms with Crippen LogP contribution in [0.25, 0.3) is 11.3 Å². The van der Waals surface area contributed by atoms with Crippen molar-refractivity contribution in [3.05, 3.63) is 65.6 Å². The van der Waals surface area contributed by atoms with Crippen LogP contribution in [0.4, 0.5) is 0 Å². The van der Waals surface area contributed by atoms with Gasteiger partial charge in [-0.2, -0.15) is 0 Å². The summed E-state index contributed by atoms with van der Waals surface area (Å²) in [4.78, 5) is 16.3. The summed E-state index contributed by atoms with van der Waals surface area (Å²) in [6.45, 7) is 3.99. The van der Waals surface area contributed by atoms with Crippen molar-refractivity contribution in [3.8, 4) is 11.3 Å². The van der Waals surface area contributed by atoms with E-state index < -0.39 is 0 Å². The lowest BCUT2D eigenvalue weighted by Gasteiger charge is -2.05. The number of rotatable bonds is 4. The maximum Gasteiger partial charge on any atom is 0.255 e. The molecule has 22 heavy (non-hydrogen) atoms. The minimum absolute atomic E-state index is 0.155. The molecule has 3 aromatic rings. The minimum atomic E-state index is -0.155. The molecule has 112 valence electrons. The zero-order valence-electron chi connectivity index (χ0n) is 12.4. The minimum Gasteiger partial charge on any atom is -0.466 e. The number of pyridine rings is 1. The molecule has 0 unspecified atom stereocenters. The van der Waals surface area contributed by atoms with E-state index in [-0.39, 0.29) is 5.91 Å². The van der Waals surface area contributed by atoms with Gasteiger partial charge in [-0.25, -0.2) is 0 Å². The second-order valence-corrected chi connectivity index (χ2v) is 5.07. The van der Waals surface area contributed by atoms with Gasteiger partial charge in [0.15, 0.2) is 0 Å². The first-order chi connectivity index (χ1) is 10.6. The summed E-state index contributed by atoms with van der Waals surface area (Å²) < 4.78 is 10.7. The summed E-state index contributed by atoms with van der Waals surface area (Å²) in [5.74, 6) is 1.95. The number of amides is 1. The first-order valence-corrected chi connectivity index (χ1v) is 6.96. The summed E-state index contributed by atoms with van der Waals surface area (Å²) in [7, 11) is 0. The fourth-order valence-electron chi connectivity index (χ4n) is 2.30. The molecule has 0 atom stereocenters. The van der Waals surface area contributed by atoms with Gasteiger partial charge >= 0.3 is 0 Å². The van der Waals surface area contributed by atoms with Gasteiger partial charge in [0.1, 0.15) is 17.3 Å². The molecular weight excluding hydrogens is 280 g/mol. The largest absolute Gasteiger partial charge is 0.466 e. The van der Waals surface area contributed by atoms with Crippen LogP contribution in [0.3, 0.4) is 0 Å². The Labute approximate surface area is 128 Å². The fraction of sp³-hybridized carbons (Fsp3) is 0.176. The molecule has 0 fully saturated rings. The van der Waals surface area contributed by atoms with Gasteiger partial charge in [0.05, 0.1) is 11.8 Å². The van der Waals surface area contributed by atoms with Gasteiger partial charge in [-0.15, -0.1) is 0 Å². The molecule has 5 heteroatoms. The van der Waals surface area contributed by atoms with Gasteiger partial charge < -0.3 is 14.2 Å². The fourth-order valence-corrected chi connectivity index (χ4v) is 2.30. The molecule has 0 bridgehead atoms. The number of furan rings is 2. The zero-order chi connectivity index (χ0) is 15.5. The normalized spacial score (nSPS) is 10.6. The number of aryl methyl sites for hydroxylation is 2. The van der Waals surface area contributed by atoms with Crippen molar-refractivity contribution < 1.29 is 13.6 Å². The molecule has 1 N–H and O–H groups in total. The monoisotopic (exact) mass is 296 g/mol. The predicted octanol–water partition coefficient (Wildman–Crippen LogP) is 3.48. The van der Waals surface area contributed by atoms with Crippen LogP contribution in [0, 0.1) is 13.8 Å². The Kier molecular flexibility index (Phi) is 3.78. The molecular formula is C17H16N2O3. The Morgan fingerprint density at radius 3 is 2.82 bits per heavy atom. The summed E-state index contributed by atoms with van der Waals surface area (Å²) in [6.07, 6.45) is 5.07. The summed E-state index contributed by atoms with van der Waals surface area (Å²) in [5, 5.41) is 2.87. The summed E-state index contributed by atoms with van der Waals surface area (Å²) in [6, 6.07) is 7.38. The summed E-state index contributed by atoms with van der Waals surface area (Å²) in [5.41, 5.74) is 2.35. The molecule has 5 nitrogen and oxygen atoms in total. The SMILES string of the molecule is Cc1cc(C(=O)NCc2cncc(-c3ccco3)c2)c(C)o1. The molecule has 3 heterocycles. The third-order valence-electron chi connectivity index (χ3n) is 3.34. The Morgan fingerprint density at radius 1 is 1.27 bits per heavy atom. The van der Waals surface area contributed by atoms with Crippen LogP contribution in [-0.2, 0) is 6.54 Å². The van der Waals surface area contributed by atoms with Crippen molar-refractivity contribution in [2.45, 2.75) is 20.4 Å². The topological polar surface area (TPSA) is 68.3 Å². The number of aromatic nitrogens is 1. The molecule has 0 aliphatic rings. The first-order valence-electron chi connectivity index (χ1n) is 6.96. The van der Waals surface area contributed by atoms with Crippen molar-refractivity contribution in [3.63, 3.8) is 0 Å². The number of nitrogens with zero attached hydrogens (tertiary/aromatic N) is 1. The average Bonchev–Trinajstić information content (AvgIpc) is 3.15. The van der Waals surface area contributed by atoms with Crippen molar-refractivity contribution in [1.29, 1.82) is 0 Å². The average molecular weight is 296 g/mol. The van der Waals surface area contributed by atoms with E-state index in [1.807, 2.05) is 25.1 Å². The van der Waals surface area contributed by atoms with Gasteiger partial charge in [0.2, 0.25) is 0 Å². The highest BCUT2D eigenvalue weighted by Gasteiger charge is 2.13. The van der Waals surface area contributed by atoms with Crippen LogP contribution in [0.5, 0.6) is 0 Å². The van der Waals surface area contributed by atoms with Crippen LogP contribution in [0.2, 0.25) is 0 Å². The molecule has 0 aromatic carbocycles. The molecule has 1 amide bonds.